The van der Waals surface area contributed by atoms with Crippen LogP contribution in [-0.2, 0) is 10.0 Å². The maximum absolute atomic E-state index is 12.2. The summed E-state index contributed by atoms with van der Waals surface area (Å²) in [6, 6.07) is 6.24. The molecule has 1 aromatic heterocycles. The first kappa shape index (κ1) is 16.1. The minimum atomic E-state index is -3.65. The molecule has 6 nitrogen and oxygen atoms in total. The van der Waals surface area contributed by atoms with Crippen molar-refractivity contribution in [2.24, 2.45) is 0 Å². The van der Waals surface area contributed by atoms with Gasteiger partial charge >= 0.3 is 0 Å². The molecule has 0 saturated heterocycles. The first-order valence-corrected chi connectivity index (χ1v) is 9.55. The second-order valence-electron chi connectivity index (χ2n) is 3.82. The minimum Gasteiger partial charge on any atom is -0.494 e. The SMILES string of the molecule is CCOc1ccc(S(=O)(=O)Nc2nnc(SCC)s2)cc1. The van der Waals surface area contributed by atoms with Gasteiger partial charge in [-0.3, -0.25) is 4.72 Å². The molecule has 1 heterocycles. The third-order valence-corrected chi connectivity index (χ3v) is 5.68. The van der Waals surface area contributed by atoms with Crippen molar-refractivity contribution in [2.75, 3.05) is 17.1 Å². The van der Waals surface area contributed by atoms with Crippen LogP contribution in [0.5, 0.6) is 5.75 Å². The molecule has 114 valence electrons. The van der Waals surface area contributed by atoms with Gasteiger partial charge in [0.25, 0.3) is 10.0 Å². The number of hydrogen-bond acceptors (Lipinski definition) is 7. The molecule has 0 aliphatic heterocycles. The van der Waals surface area contributed by atoms with Crippen LogP contribution in [0.1, 0.15) is 13.8 Å². The van der Waals surface area contributed by atoms with Gasteiger partial charge in [0.15, 0.2) is 4.34 Å². The van der Waals surface area contributed by atoms with Gasteiger partial charge in [0, 0.05) is 0 Å². The van der Waals surface area contributed by atoms with Gasteiger partial charge in [0.05, 0.1) is 11.5 Å². The Morgan fingerprint density at radius 2 is 1.95 bits per heavy atom. The average molecular weight is 345 g/mol. The van der Waals surface area contributed by atoms with E-state index in [1.165, 1.54) is 35.2 Å². The smallest absolute Gasteiger partial charge is 0.263 e. The monoisotopic (exact) mass is 345 g/mol. The molecule has 0 aliphatic rings. The Morgan fingerprint density at radius 1 is 1.24 bits per heavy atom. The molecule has 0 amide bonds. The van der Waals surface area contributed by atoms with E-state index in [1.54, 1.807) is 12.1 Å². The van der Waals surface area contributed by atoms with Crippen LogP contribution in [0.4, 0.5) is 5.13 Å². The van der Waals surface area contributed by atoms with Crippen LogP contribution in [0.25, 0.3) is 0 Å². The lowest BCUT2D eigenvalue weighted by atomic mass is 10.3. The standard InChI is InChI=1S/C12H15N3O3S3/c1-3-18-9-5-7-10(8-6-9)21(16,17)15-11-13-14-12(20-11)19-4-2/h5-8H,3-4H2,1-2H3,(H,13,15). The summed E-state index contributed by atoms with van der Waals surface area (Å²) in [6.07, 6.45) is 0. The van der Waals surface area contributed by atoms with E-state index >= 15 is 0 Å². The van der Waals surface area contributed by atoms with Crippen LogP contribution in [0, 0.1) is 0 Å². The molecule has 0 atom stereocenters. The van der Waals surface area contributed by atoms with Gasteiger partial charge in [0.2, 0.25) is 5.13 Å². The van der Waals surface area contributed by atoms with E-state index in [4.69, 9.17) is 4.74 Å². The molecule has 21 heavy (non-hydrogen) atoms. The zero-order valence-electron chi connectivity index (χ0n) is 11.6. The van der Waals surface area contributed by atoms with E-state index in [0.29, 0.717) is 12.4 Å². The highest BCUT2D eigenvalue weighted by Crippen LogP contribution is 2.27. The first-order valence-electron chi connectivity index (χ1n) is 6.27. The van der Waals surface area contributed by atoms with Crippen LogP contribution in [0.3, 0.4) is 0 Å². The van der Waals surface area contributed by atoms with E-state index in [2.05, 4.69) is 14.9 Å². The first-order chi connectivity index (χ1) is 10.0. The van der Waals surface area contributed by atoms with Crippen molar-refractivity contribution in [3.05, 3.63) is 24.3 Å². The molecule has 1 aromatic carbocycles. The Morgan fingerprint density at radius 3 is 2.57 bits per heavy atom. The topological polar surface area (TPSA) is 81.2 Å². The van der Waals surface area contributed by atoms with E-state index in [9.17, 15) is 8.42 Å². The van der Waals surface area contributed by atoms with Crippen molar-refractivity contribution in [1.82, 2.24) is 10.2 Å². The van der Waals surface area contributed by atoms with Gasteiger partial charge in [-0.05, 0) is 36.9 Å². The lowest BCUT2D eigenvalue weighted by molar-refractivity contribution is 0.340. The molecule has 0 aliphatic carbocycles. The second kappa shape index (κ2) is 7.10. The van der Waals surface area contributed by atoms with Crippen molar-refractivity contribution in [2.45, 2.75) is 23.1 Å². The van der Waals surface area contributed by atoms with Crippen molar-refractivity contribution < 1.29 is 13.2 Å². The fourth-order valence-corrected chi connectivity index (χ4v) is 4.37. The lowest BCUT2D eigenvalue weighted by Gasteiger charge is -2.06. The predicted octanol–water partition coefficient (Wildman–Crippen LogP) is 2.85. The number of hydrogen-bond donors (Lipinski definition) is 1. The predicted molar refractivity (Wildman–Crippen MR) is 84.7 cm³/mol. The third kappa shape index (κ3) is 4.32. The number of ether oxygens (including phenoxy) is 1. The molecule has 0 unspecified atom stereocenters. The van der Waals surface area contributed by atoms with Crippen LogP contribution in [-0.4, -0.2) is 31.0 Å². The van der Waals surface area contributed by atoms with Gasteiger partial charge in [-0.25, -0.2) is 8.42 Å². The van der Waals surface area contributed by atoms with Gasteiger partial charge in [-0.2, -0.15) is 0 Å². The zero-order chi connectivity index (χ0) is 15.3. The number of aromatic nitrogens is 2. The molecule has 1 N–H and O–H groups in total. The van der Waals surface area contributed by atoms with E-state index in [-0.39, 0.29) is 10.0 Å². The van der Waals surface area contributed by atoms with Crippen LogP contribution < -0.4 is 9.46 Å². The highest BCUT2D eigenvalue weighted by Gasteiger charge is 2.17. The second-order valence-corrected chi connectivity index (χ2v) is 7.99. The Balaban J connectivity index is 2.13. The van der Waals surface area contributed by atoms with Crippen molar-refractivity contribution >= 4 is 38.3 Å². The van der Waals surface area contributed by atoms with Gasteiger partial charge in [0.1, 0.15) is 5.75 Å². The fraction of sp³-hybridized carbons (Fsp3) is 0.333. The number of nitrogens with one attached hydrogen (secondary N) is 1. The van der Waals surface area contributed by atoms with Crippen LogP contribution >= 0.6 is 23.1 Å². The Labute approximate surface area is 132 Å². The summed E-state index contributed by atoms with van der Waals surface area (Å²) in [6.45, 7) is 4.40. The largest absolute Gasteiger partial charge is 0.494 e. The summed E-state index contributed by atoms with van der Waals surface area (Å²) in [7, 11) is -3.65. The maximum Gasteiger partial charge on any atom is 0.263 e. The zero-order valence-corrected chi connectivity index (χ0v) is 14.0. The molecule has 2 rings (SSSR count). The molecule has 0 saturated carbocycles. The summed E-state index contributed by atoms with van der Waals surface area (Å²) in [4.78, 5) is 0.158. The number of anilines is 1. The summed E-state index contributed by atoms with van der Waals surface area (Å²) < 4.78 is 32.9. The van der Waals surface area contributed by atoms with Gasteiger partial charge < -0.3 is 4.74 Å². The molecule has 9 heteroatoms. The average Bonchev–Trinajstić information content (AvgIpc) is 2.87. The number of sulfonamides is 1. The molecule has 2 aromatic rings. The van der Waals surface area contributed by atoms with Crippen LogP contribution in [0.2, 0.25) is 0 Å². The molecule has 0 spiro atoms. The number of rotatable bonds is 7. The summed E-state index contributed by atoms with van der Waals surface area (Å²) >= 11 is 2.73. The number of nitrogens with zero attached hydrogens (tertiary/aromatic N) is 2. The fourth-order valence-electron chi connectivity index (χ4n) is 1.49. The van der Waals surface area contributed by atoms with E-state index < -0.39 is 10.0 Å². The highest BCUT2D eigenvalue weighted by molar-refractivity contribution is 8.01. The molecule has 0 bridgehead atoms. The van der Waals surface area contributed by atoms with Crippen molar-refractivity contribution in [3.63, 3.8) is 0 Å². The van der Waals surface area contributed by atoms with Crippen molar-refractivity contribution in [1.29, 1.82) is 0 Å². The lowest BCUT2D eigenvalue weighted by Crippen LogP contribution is -2.12. The molecular formula is C12H15N3O3S3. The normalized spacial score (nSPS) is 11.3. The maximum atomic E-state index is 12.2. The molecular weight excluding hydrogens is 330 g/mol. The molecule has 0 radical (unpaired) electrons. The quantitative estimate of drug-likeness (QED) is 0.777. The van der Waals surface area contributed by atoms with E-state index in [0.717, 1.165) is 10.1 Å². The van der Waals surface area contributed by atoms with Crippen molar-refractivity contribution in [3.8, 4) is 5.75 Å². The molecule has 0 fully saturated rings. The van der Waals surface area contributed by atoms with Crippen LogP contribution in [0.15, 0.2) is 33.5 Å². The summed E-state index contributed by atoms with van der Waals surface area (Å²) in [5.74, 6) is 1.49. The number of thioether (sulfide) groups is 1. The number of benzene rings is 1. The Kier molecular flexibility index (Phi) is 5.43. The Bertz CT molecular complexity index is 683. The summed E-state index contributed by atoms with van der Waals surface area (Å²) in [5.41, 5.74) is 0. The summed E-state index contributed by atoms with van der Waals surface area (Å²) in [5, 5.41) is 8.00. The van der Waals surface area contributed by atoms with Gasteiger partial charge in [-0.15, -0.1) is 10.2 Å². The van der Waals surface area contributed by atoms with E-state index in [1.807, 2.05) is 13.8 Å². The Hall–Kier alpha value is -1.32. The van der Waals surface area contributed by atoms with Gasteiger partial charge in [-0.1, -0.05) is 30.0 Å². The highest BCUT2D eigenvalue weighted by atomic mass is 32.2. The third-order valence-electron chi connectivity index (χ3n) is 2.34. The minimum absolute atomic E-state index is 0.158.